The number of rotatable bonds is 3. The van der Waals surface area contributed by atoms with Crippen molar-refractivity contribution in [1.29, 1.82) is 0 Å². The van der Waals surface area contributed by atoms with Crippen molar-refractivity contribution in [3.05, 3.63) is 23.8 Å². The van der Waals surface area contributed by atoms with E-state index in [1.807, 2.05) is 0 Å². The molecule has 25 heavy (non-hydrogen) atoms. The molecule has 138 valence electrons. The van der Waals surface area contributed by atoms with Crippen LogP contribution in [0.3, 0.4) is 0 Å². The van der Waals surface area contributed by atoms with E-state index in [4.69, 9.17) is 9.31 Å². The number of hydrogen-bond acceptors (Lipinski definition) is 4. The second kappa shape index (κ2) is 6.21. The highest BCUT2D eigenvalue weighted by molar-refractivity contribution is 6.63. The normalized spacial score (nSPS) is 19.0. The highest BCUT2D eigenvalue weighted by atomic mass is 19.4. The third-order valence-corrected chi connectivity index (χ3v) is 4.40. The van der Waals surface area contributed by atoms with E-state index in [-0.39, 0.29) is 11.0 Å². The van der Waals surface area contributed by atoms with Gasteiger partial charge < -0.3 is 18.9 Å². The van der Waals surface area contributed by atoms with E-state index in [0.29, 0.717) is 0 Å². The molecule has 1 aliphatic rings. The van der Waals surface area contributed by atoms with Crippen molar-refractivity contribution in [2.75, 3.05) is 14.1 Å². The number of carbonyl (C=O) groups excluding carboxylic acids is 1. The number of nitrogens with zero attached hydrogens (tertiary/aromatic N) is 1. The fraction of sp³-hybridized carbons (Fsp3) is 0.562. The molecule has 1 amide bonds. The van der Waals surface area contributed by atoms with Crippen LogP contribution in [0.4, 0.5) is 13.2 Å². The fourth-order valence-corrected chi connectivity index (χ4v) is 2.30. The highest BCUT2D eigenvalue weighted by Gasteiger charge is 2.53. The Bertz CT molecular complexity index is 658. The molecule has 1 saturated heterocycles. The molecule has 0 radical (unpaired) electrons. The monoisotopic (exact) mass is 359 g/mol. The van der Waals surface area contributed by atoms with Crippen molar-refractivity contribution < 1.29 is 32.0 Å². The molecule has 0 saturated carbocycles. The molecule has 9 heteroatoms. The summed E-state index contributed by atoms with van der Waals surface area (Å²) in [4.78, 5) is 13.3. The third kappa shape index (κ3) is 4.09. The first-order valence-electron chi connectivity index (χ1n) is 7.70. The summed E-state index contributed by atoms with van der Waals surface area (Å²) in [6.45, 7) is 7.17. The lowest BCUT2D eigenvalue weighted by Gasteiger charge is -2.32. The van der Waals surface area contributed by atoms with Gasteiger partial charge in [0, 0.05) is 25.1 Å². The van der Waals surface area contributed by atoms with E-state index in [1.165, 1.54) is 31.1 Å². The molecule has 5 nitrogen and oxygen atoms in total. The van der Waals surface area contributed by atoms with E-state index in [0.717, 1.165) is 6.07 Å². The molecule has 1 aromatic rings. The molecule has 0 aliphatic carbocycles. The summed E-state index contributed by atoms with van der Waals surface area (Å²) < 4.78 is 54.1. The smallest absolute Gasteiger partial charge is 0.406 e. The number of carbonyl (C=O) groups is 1. The lowest BCUT2D eigenvalue weighted by molar-refractivity contribution is -0.274. The van der Waals surface area contributed by atoms with E-state index in [1.54, 1.807) is 27.7 Å². The van der Waals surface area contributed by atoms with Crippen molar-refractivity contribution in [2.24, 2.45) is 0 Å². The number of hydrogen-bond donors (Lipinski definition) is 0. The van der Waals surface area contributed by atoms with Crippen molar-refractivity contribution in [3.8, 4) is 5.75 Å². The van der Waals surface area contributed by atoms with Gasteiger partial charge in [0.15, 0.2) is 0 Å². The molecular weight excluding hydrogens is 338 g/mol. The van der Waals surface area contributed by atoms with Crippen LogP contribution < -0.4 is 10.2 Å². The first kappa shape index (κ1) is 19.6. The zero-order chi connectivity index (χ0) is 19.2. The summed E-state index contributed by atoms with van der Waals surface area (Å²) >= 11 is 0. The van der Waals surface area contributed by atoms with E-state index < -0.39 is 36.3 Å². The molecule has 0 bridgehead atoms. The second-order valence-corrected chi connectivity index (χ2v) is 7.09. The molecule has 1 fully saturated rings. The molecule has 0 aromatic heterocycles. The average Bonchev–Trinajstić information content (AvgIpc) is 2.64. The van der Waals surface area contributed by atoms with Crippen LogP contribution in [0.15, 0.2) is 18.2 Å². The lowest BCUT2D eigenvalue weighted by atomic mass is 9.78. The van der Waals surface area contributed by atoms with Crippen LogP contribution in [-0.2, 0) is 9.31 Å². The van der Waals surface area contributed by atoms with Crippen LogP contribution in [0.5, 0.6) is 5.75 Å². The third-order valence-electron chi connectivity index (χ3n) is 4.40. The summed E-state index contributed by atoms with van der Waals surface area (Å²) in [6, 6.07) is 3.84. The lowest BCUT2D eigenvalue weighted by Crippen LogP contribution is -2.41. The Kier molecular flexibility index (Phi) is 4.87. The summed E-state index contributed by atoms with van der Waals surface area (Å²) in [7, 11) is 1.98. The quantitative estimate of drug-likeness (QED) is 0.779. The van der Waals surface area contributed by atoms with Crippen LogP contribution in [0, 0.1) is 0 Å². The van der Waals surface area contributed by atoms with Crippen LogP contribution in [0.25, 0.3) is 0 Å². The van der Waals surface area contributed by atoms with Gasteiger partial charge in [0.2, 0.25) is 0 Å². The van der Waals surface area contributed by atoms with Gasteiger partial charge in [-0.2, -0.15) is 0 Å². The van der Waals surface area contributed by atoms with Crippen LogP contribution >= 0.6 is 0 Å². The van der Waals surface area contributed by atoms with E-state index in [2.05, 4.69) is 4.74 Å². The molecule has 1 heterocycles. The van der Waals surface area contributed by atoms with Gasteiger partial charge in [-0.3, -0.25) is 4.79 Å². The Hall–Kier alpha value is -1.74. The minimum absolute atomic E-state index is 0.0736. The first-order valence-corrected chi connectivity index (χ1v) is 7.70. The van der Waals surface area contributed by atoms with Gasteiger partial charge in [0.25, 0.3) is 5.91 Å². The predicted octanol–water partition coefficient (Wildman–Crippen LogP) is 2.59. The number of halogens is 3. The van der Waals surface area contributed by atoms with Gasteiger partial charge in [-0.25, -0.2) is 0 Å². The van der Waals surface area contributed by atoms with Crippen LogP contribution in [0.1, 0.15) is 38.1 Å². The zero-order valence-electron chi connectivity index (χ0n) is 15.0. The standard InChI is InChI=1S/C16H21BF3NO4/c1-14(2)15(3,4)25-17(24-14)11-8-7-10(13(22)21(5)6)9-12(11)23-16(18,19)20/h7-9H,1-6H3. The molecule has 1 aliphatic heterocycles. The van der Waals surface area contributed by atoms with Gasteiger partial charge in [-0.05, 0) is 39.8 Å². The Morgan fingerprint density at radius 3 is 2.08 bits per heavy atom. The van der Waals surface area contributed by atoms with Gasteiger partial charge in [-0.1, -0.05) is 6.07 Å². The second-order valence-electron chi connectivity index (χ2n) is 7.09. The molecule has 1 aromatic carbocycles. The molecular formula is C16H21BF3NO4. The van der Waals surface area contributed by atoms with Crippen molar-refractivity contribution in [2.45, 2.75) is 45.3 Å². The summed E-state index contributed by atoms with van der Waals surface area (Å²) in [6.07, 6.45) is -4.90. The van der Waals surface area contributed by atoms with E-state index in [9.17, 15) is 18.0 Å². The largest absolute Gasteiger partial charge is 0.573 e. The maximum Gasteiger partial charge on any atom is 0.573 e. The molecule has 0 N–H and O–H groups in total. The van der Waals surface area contributed by atoms with Gasteiger partial charge in [-0.15, -0.1) is 13.2 Å². The molecule has 0 unspecified atom stereocenters. The van der Waals surface area contributed by atoms with Gasteiger partial charge in [0.05, 0.1) is 11.2 Å². The molecule has 2 rings (SSSR count). The maximum atomic E-state index is 12.8. The predicted molar refractivity (Wildman–Crippen MR) is 86.9 cm³/mol. The fourth-order valence-electron chi connectivity index (χ4n) is 2.30. The van der Waals surface area contributed by atoms with Crippen molar-refractivity contribution in [3.63, 3.8) is 0 Å². The van der Waals surface area contributed by atoms with Crippen LogP contribution in [-0.4, -0.2) is 49.6 Å². The highest BCUT2D eigenvalue weighted by Crippen LogP contribution is 2.37. The average molecular weight is 359 g/mol. The summed E-state index contributed by atoms with van der Waals surface area (Å²) in [5.41, 5.74) is -1.29. The Morgan fingerprint density at radius 1 is 1.12 bits per heavy atom. The van der Waals surface area contributed by atoms with E-state index >= 15 is 0 Å². The summed E-state index contributed by atoms with van der Waals surface area (Å²) in [5, 5.41) is 0. The van der Waals surface area contributed by atoms with Crippen molar-refractivity contribution in [1.82, 2.24) is 4.90 Å². The minimum Gasteiger partial charge on any atom is -0.406 e. The van der Waals surface area contributed by atoms with Gasteiger partial charge >= 0.3 is 13.5 Å². The number of benzene rings is 1. The topological polar surface area (TPSA) is 48.0 Å². The number of alkyl halides is 3. The maximum absolute atomic E-state index is 12.8. The zero-order valence-corrected chi connectivity index (χ0v) is 15.0. The number of amides is 1. The Labute approximate surface area is 145 Å². The van der Waals surface area contributed by atoms with Crippen molar-refractivity contribution >= 4 is 18.5 Å². The Balaban J connectivity index is 2.46. The molecule has 0 atom stereocenters. The van der Waals surface area contributed by atoms with Gasteiger partial charge in [0.1, 0.15) is 5.75 Å². The van der Waals surface area contributed by atoms with Crippen LogP contribution in [0.2, 0.25) is 0 Å². The molecule has 0 spiro atoms. The SMILES string of the molecule is CN(C)C(=O)c1ccc(B2OC(C)(C)C(C)(C)O2)c(OC(F)(F)F)c1. The minimum atomic E-state index is -4.90. The summed E-state index contributed by atoms with van der Waals surface area (Å²) in [5.74, 6) is -0.953. The first-order chi connectivity index (χ1) is 11.2. The number of ether oxygens (including phenoxy) is 1. The Morgan fingerprint density at radius 2 is 1.64 bits per heavy atom.